The monoisotopic (exact) mass is 394 g/mol. The number of benzene rings is 1. The zero-order valence-electron chi connectivity index (χ0n) is 17.1. The van der Waals surface area contributed by atoms with E-state index in [9.17, 15) is 4.79 Å². The molecular weight excluding hydrogens is 364 g/mol. The lowest BCUT2D eigenvalue weighted by atomic mass is 9.97. The molecule has 2 aliphatic heterocycles. The minimum atomic E-state index is 0.110. The quantitative estimate of drug-likeness (QED) is 0.845. The maximum Gasteiger partial charge on any atom is 0.254 e. The molecular formula is C23H30N4O2. The molecule has 154 valence electrons. The van der Waals surface area contributed by atoms with Gasteiger partial charge < -0.3 is 19.9 Å². The molecule has 0 saturated carbocycles. The Bertz CT molecular complexity index is 806. The molecule has 2 aliphatic rings. The molecule has 29 heavy (non-hydrogen) atoms. The summed E-state index contributed by atoms with van der Waals surface area (Å²) >= 11 is 0. The number of nitrogens with zero attached hydrogens (tertiary/aromatic N) is 3. The molecule has 0 bridgehead atoms. The minimum absolute atomic E-state index is 0.110. The van der Waals surface area contributed by atoms with Crippen LogP contribution in [0.15, 0.2) is 48.7 Å². The Balaban J connectivity index is 1.42. The summed E-state index contributed by atoms with van der Waals surface area (Å²) in [6.45, 7) is 5.01. The van der Waals surface area contributed by atoms with E-state index in [-0.39, 0.29) is 11.9 Å². The zero-order chi connectivity index (χ0) is 20.1. The molecule has 6 heteroatoms. The van der Waals surface area contributed by atoms with E-state index in [2.05, 4.69) is 39.5 Å². The molecule has 0 spiro atoms. The number of carbonyl (C=O) groups excluding carboxylic acids is 1. The van der Waals surface area contributed by atoms with Gasteiger partial charge in [-0.05, 0) is 36.5 Å². The smallest absolute Gasteiger partial charge is 0.254 e. The standard InChI is InChI=1S/C23H30N4O2/c1-29-17-18-8-12-26(13-9-18)23(28)20-7-10-25-22(15-20)27-14-11-24-21(16-27)19-5-3-2-4-6-19/h2-7,10,15,18,21,24H,8-9,11-14,16-17H2,1H3/t21-/m1/s1. The number of anilines is 1. The Morgan fingerprint density at radius 2 is 1.97 bits per heavy atom. The number of piperidine rings is 1. The first-order valence-electron chi connectivity index (χ1n) is 10.5. The Kier molecular flexibility index (Phi) is 6.42. The number of aromatic nitrogens is 1. The van der Waals surface area contributed by atoms with E-state index in [1.54, 1.807) is 13.3 Å². The molecule has 3 heterocycles. The molecule has 1 aromatic carbocycles. The van der Waals surface area contributed by atoms with Crippen LogP contribution in [0.2, 0.25) is 0 Å². The zero-order valence-corrected chi connectivity index (χ0v) is 17.1. The molecule has 1 aromatic heterocycles. The summed E-state index contributed by atoms with van der Waals surface area (Å²) in [4.78, 5) is 21.8. The third kappa shape index (κ3) is 4.77. The summed E-state index contributed by atoms with van der Waals surface area (Å²) in [6, 6.07) is 14.6. The van der Waals surface area contributed by atoms with Crippen LogP contribution >= 0.6 is 0 Å². The number of methoxy groups -OCH3 is 1. The van der Waals surface area contributed by atoms with Gasteiger partial charge in [0.25, 0.3) is 5.91 Å². The molecule has 2 aromatic rings. The summed E-state index contributed by atoms with van der Waals surface area (Å²) in [6.07, 6.45) is 3.78. The number of hydrogen-bond acceptors (Lipinski definition) is 5. The Morgan fingerprint density at radius 1 is 1.17 bits per heavy atom. The van der Waals surface area contributed by atoms with Gasteiger partial charge in [0.2, 0.25) is 0 Å². The van der Waals surface area contributed by atoms with Crippen molar-refractivity contribution in [2.45, 2.75) is 18.9 Å². The summed E-state index contributed by atoms with van der Waals surface area (Å²) in [7, 11) is 1.74. The average Bonchev–Trinajstić information content (AvgIpc) is 2.80. The van der Waals surface area contributed by atoms with E-state index in [0.29, 0.717) is 5.92 Å². The lowest BCUT2D eigenvalue weighted by Crippen LogP contribution is -2.46. The number of likely N-dealkylation sites (tertiary alicyclic amines) is 1. The number of piperazine rings is 1. The Labute approximate surface area is 172 Å². The fourth-order valence-corrected chi connectivity index (χ4v) is 4.31. The number of amides is 1. The molecule has 0 aliphatic carbocycles. The second kappa shape index (κ2) is 9.37. The molecule has 2 fully saturated rings. The highest BCUT2D eigenvalue weighted by molar-refractivity contribution is 5.95. The molecule has 1 amide bonds. The van der Waals surface area contributed by atoms with Gasteiger partial charge in [-0.25, -0.2) is 4.98 Å². The first kappa shape index (κ1) is 19.9. The summed E-state index contributed by atoms with van der Waals surface area (Å²) in [5.74, 6) is 1.56. The third-order valence-electron chi connectivity index (χ3n) is 6.00. The van der Waals surface area contributed by atoms with Crippen LogP contribution in [0.3, 0.4) is 0 Å². The average molecular weight is 395 g/mol. The second-order valence-electron chi connectivity index (χ2n) is 7.96. The van der Waals surface area contributed by atoms with Crippen LogP contribution in [0.1, 0.15) is 34.8 Å². The molecule has 2 saturated heterocycles. The van der Waals surface area contributed by atoms with Crippen molar-refractivity contribution >= 4 is 11.7 Å². The van der Waals surface area contributed by atoms with Gasteiger partial charge in [0.1, 0.15) is 5.82 Å². The first-order chi connectivity index (χ1) is 14.2. The maximum atomic E-state index is 13.0. The first-order valence-corrected chi connectivity index (χ1v) is 10.5. The van der Waals surface area contributed by atoms with E-state index in [0.717, 1.165) is 63.6 Å². The van der Waals surface area contributed by atoms with E-state index in [4.69, 9.17) is 4.74 Å². The van der Waals surface area contributed by atoms with E-state index in [1.165, 1.54) is 5.56 Å². The Hall–Kier alpha value is -2.44. The molecule has 0 unspecified atom stereocenters. The number of hydrogen-bond donors (Lipinski definition) is 1. The summed E-state index contributed by atoms with van der Waals surface area (Å²) < 4.78 is 5.26. The van der Waals surface area contributed by atoms with Crippen molar-refractivity contribution in [2.75, 3.05) is 51.3 Å². The van der Waals surface area contributed by atoms with Crippen molar-refractivity contribution in [3.8, 4) is 0 Å². The van der Waals surface area contributed by atoms with Gasteiger partial charge >= 0.3 is 0 Å². The van der Waals surface area contributed by atoms with Crippen molar-refractivity contribution in [2.24, 2.45) is 5.92 Å². The van der Waals surface area contributed by atoms with E-state index >= 15 is 0 Å². The normalized spacial score (nSPS) is 20.7. The number of rotatable bonds is 5. The Morgan fingerprint density at radius 3 is 2.72 bits per heavy atom. The van der Waals surface area contributed by atoms with Crippen LogP contribution in [0.4, 0.5) is 5.82 Å². The van der Waals surface area contributed by atoms with Gasteiger partial charge in [-0.2, -0.15) is 0 Å². The number of carbonyl (C=O) groups is 1. The van der Waals surface area contributed by atoms with Crippen molar-refractivity contribution in [1.29, 1.82) is 0 Å². The lowest BCUT2D eigenvalue weighted by Gasteiger charge is -2.35. The highest BCUT2D eigenvalue weighted by atomic mass is 16.5. The van der Waals surface area contributed by atoms with Crippen LogP contribution in [-0.2, 0) is 4.74 Å². The largest absolute Gasteiger partial charge is 0.384 e. The van der Waals surface area contributed by atoms with Crippen LogP contribution in [0, 0.1) is 5.92 Å². The number of pyridine rings is 1. The highest BCUT2D eigenvalue weighted by Gasteiger charge is 2.25. The predicted octanol–water partition coefficient (Wildman–Crippen LogP) is 2.73. The van der Waals surface area contributed by atoms with Gasteiger partial charge in [-0.3, -0.25) is 4.79 Å². The van der Waals surface area contributed by atoms with Crippen LogP contribution in [0.25, 0.3) is 0 Å². The van der Waals surface area contributed by atoms with E-state index < -0.39 is 0 Å². The summed E-state index contributed by atoms with van der Waals surface area (Å²) in [5.41, 5.74) is 2.01. The molecule has 4 rings (SSSR count). The van der Waals surface area contributed by atoms with Crippen molar-refractivity contribution < 1.29 is 9.53 Å². The van der Waals surface area contributed by atoms with Crippen molar-refractivity contribution in [1.82, 2.24) is 15.2 Å². The van der Waals surface area contributed by atoms with Crippen molar-refractivity contribution in [3.05, 3.63) is 59.8 Å². The SMILES string of the molecule is COCC1CCN(C(=O)c2ccnc(N3CCN[C@@H](c4ccccc4)C3)c2)CC1. The molecule has 6 nitrogen and oxygen atoms in total. The van der Waals surface area contributed by atoms with Crippen LogP contribution < -0.4 is 10.2 Å². The predicted molar refractivity (Wildman–Crippen MR) is 114 cm³/mol. The number of ether oxygens (including phenoxy) is 1. The number of nitrogens with one attached hydrogen (secondary N) is 1. The van der Waals surface area contributed by atoms with Crippen LogP contribution in [0.5, 0.6) is 0 Å². The van der Waals surface area contributed by atoms with Gasteiger partial charge in [0.05, 0.1) is 0 Å². The topological polar surface area (TPSA) is 57.7 Å². The highest BCUT2D eigenvalue weighted by Crippen LogP contribution is 2.23. The fourth-order valence-electron chi connectivity index (χ4n) is 4.31. The molecule has 0 radical (unpaired) electrons. The van der Waals surface area contributed by atoms with Gasteiger partial charge in [-0.1, -0.05) is 30.3 Å². The third-order valence-corrected chi connectivity index (χ3v) is 6.00. The molecule has 1 N–H and O–H groups in total. The minimum Gasteiger partial charge on any atom is -0.384 e. The summed E-state index contributed by atoms with van der Waals surface area (Å²) in [5, 5.41) is 3.58. The fraction of sp³-hybridized carbons (Fsp3) is 0.478. The maximum absolute atomic E-state index is 13.0. The van der Waals surface area contributed by atoms with Gasteiger partial charge in [0.15, 0.2) is 0 Å². The van der Waals surface area contributed by atoms with Gasteiger partial charge in [0, 0.05) is 64.2 Å². The lowest BCUT2D eigenvalue weighted by molar-refractivity contribution is 0.0613. The van der Waals surface area contributed by atoms with Crippen LogP contribution in [-0.4, -0.2) is 62.2 Å². The second-order valence-corrected chi connectivity index (χ2v) is 7.96. The molecule has 1 atom stereocenters. The van der Waals surface area contributed by atoms with Gasteiger partial charge in [-0.15, -0.1) is 0 Å². The van der Waals surface area contributed by atoms with Crippen molar-refractivity contribution in [3.63, 3.8) is 0 Å². The van der Waals surface area contributed by atoms with E-state index in [1.807, 2.05) is 23.1 Å².